The maximum Gasteiger partial charge on any atom is 0.258 e. The fourth-order valence-corrected chi connectivity index (χ4v) is 2.75. The minimum absolute atomic E-state index is 0.182. The molecule has 0 spiro atoms. The molecule has 0 aliphatic carbocycles. The number of rotatable bonds is 6. The van der Waals surface area contributed by atoms with Crippen LogP contribution in [0.4, 0.5) is 11.8 Å². The summed E-state index contributed by atoms with van der Waals surface area (Å²) in [6.45, 7) is 0.522. The summed E-state index contributed by atoms with van der Waals surface area (Å²) in [5.74, 6) is 1.23. The van der Waals surface area contributed by atoms with E-state index in [4.69, 9.17) is 4.74 Å². The van der Waals surface area contributed by atoms with Crippen molar-refractivity contribution in [3.63, 3.8) is 0 Å². The number of anilines is 2. The summed E-state index contributed by atoms with van der Waals surface area (Å²) >= 11 is 0. The largest absolute Gasteiger partial charge is 0.497 e. The third kappa shape index (κ3) is 3.75. The number of hydrogen-bond donors (Lipinski definition) is 3. The molecule has 4 rings (SSSR count). The van der Waals surface area contributed by atoms with E-state index >= 15 is 0 Å². The molecule has 0 saturated carbocycles. The van der Waals surface area contributed by atoms with E-state index in [0.717, 1.165) is 11.3 Å². The molecular weight excluding hydrogens is 356 g/mol. The van der Waals surface area contributed by atoms with Crippen molar-refractivity contribution in [1.29, 1.82) is 0 Å². The molecule has 2 heterocycles. The van der Waals surface area contributed by atoms with E-state index in [0.29, 0.717) is 29.1 Å². The number of nitrogens with zero attached hydrogens (tertiary/aromatic N) is 3. The lowest BCUT2D eigenvalue weighted by Gasteiger charge is -2.10. The van der Waals surface area contributed by atoms with E-state index in [1.807, 2.05) is 30.3 Å². The Kier molecular flexibility index (Phi) is 4.83. The van der Waals surface area contributed by atoms with Crippen LogP contribution in [0, 0.1) is 0 Å². The van der Waals surface area contributed by atoms with E-state index in [1.165, 1.54) is 0 Å². The monoisotopic (exact) mass is 374 g/mol. The second-order valence-corrected chi connectivity index (χ2v) is 6.02. The number of nitrogens with one attached hydrogen (secondary N) is 3. The van der Waals surface area contributed by atoms with Crippen LogP contribution in [-0.4, -0.2) is 33.0 Å². The number of ether oxygens (including phenoxy) is 1. The summed E-state index contributed by atoms with van der Waals surface area (Å²) in [5.41, 5.74) is 2.69. The molecule has 1 amide bonds. The van der Waals surface area contributed by atoms with Crippen molar-refractivity contribution >= 4 is 28.8 Å². The summed E-state index contributed by atoms with van der Waals surface area (Å²) in [6, 6.07) is 16.6. The maximum absolute atomic E-state index is 12.4. The maximum atomic E-state index is 12.4. The summed E-state index contributed by atoms with van der Waals surface area (Å²) in [5, 5.41) is 5.99. The zero-order valence-corrected chi connectivity index (χ0v) is 15.1. The van der Waals surface area contributed by atoms with Gasteiger partial charge in [-0.25, -0.2) is 4.98 Å². The van der Waals surface area contributed by atoms with E-state index in [-0.39, 0.29) is 11.9 Å². The highest BCUT2D eigenvalue weighted by atomic mass is 16.5. The van der Waals surface area contributed by atoms with Gasteiger partial charge in [0.1, 0.15) is 11.3 Å². The Hall–Kier alpha value is -3.94. The van der Waals surface area contributed by atoms with Gasteiger partial charge < -0.3 is 15.0 Å². The molecule has 3 N–H and O–H groups in total. The molecule has 0 unspecified atom stereocenters. The lowest BCUT2D eigenvalue weighted by atomic mass is 10.2. The number of aromatic nitrogens is 4. The van der Waals surface area contributed by atoms with Gasteiger partial charge in [0.15, 0.2) is 11.5 Å². The Morgan fingerprint density at radius 2 is 1.96 bits per heavy atom. The van der Waals surface area contributed by atoms with Crippen molar-refractivity contribution in [3.05, 3.63) is 72.1 Å². The van der Waals surface area contributed by atoms with Gasteiger partial charge in [-0.05, 0) is 29.8 Å². The van der Waals surface area contributed by atoms with Crippen molar-refractivity contribution in [2.24, 2.45) is 0 Å². The van der Waals surface area contributed by atoms with Crippen LogP contribution in [0.3, 0.4) is 0 Å². The molecule has 8 heteroatoms. The Balaban J connectivity index is 1.57. The minimum atomic E-state index is -0.283. The van der Waals surface area contributed by atoms with Crippen molar-refractivity contribution in [2.75, 3.05) is 17.7 Å². The molecule has 0 fully saturated rings. The number of imidazole rings is 1. The van der Waals surface area contributed by atoms with Crippen LogP contribution in [0.15, 0.2) is 60.9 Å². The van der Waals surface area contributed by atoms with Crippen molar-refractivity contribution < 1.29 is 9.53 Å². The zero-order valence-electron chi connectivity index (χ0n) is 15.1. The van der Waals surface area contributed by atoms with E-state index < -0.39 is 0 Å². The molecule has 0 aliphatic rings. The number of aromatic amines is 1. The van der Waals surface area contributed by atoms with Crippen LogP contribution >= 0.6 is 0 Å². The average Bonchev–Trinajstić information content (AvgIpc) is 3.21. The van der Waals surface area contributed by atoms with Crippen LogP contribution in [0.5, 0.6) is 5.75 Å². The number of benzene rings is 2. The molecule has 0 bridgehead atoms. The predicted molar refractivity (Wildman–Crippen MR) is 106 cm³/mol. The van der Waals surface area contributed by atoms with Gasteiger partial charge in [0.2, 0.25) is 5.95 Å². The minimum Gasteiger partial charge on any atom is -0.497 e. The first-order chi connectivity index (χ1) is 13.7. The number of H-pyrrole nitrogens is 1. The molecule has 4 aromatic rings. The molecular formula is C20H18N6O2. The molecule has 8 nitrogen and oxygen atoms in total. The highest BCUT2D eigenvalue weighted by Gasteiger charge is 2.13. The number of fused-ring (bicyclic) bond motifs is 1. The van der Waals surface area contributed by atoms with E-state index in [1.54, 1.807) is 37.7 Å². The first kappa shape index (κ1) is 17.5. The van der Waals surface area contributed by atoms with Gasteiger partial charge in [-0.1, -0.05) is 30.3 Å². The second kappa shape index (κ2) is 7.75. The predicted octanol–water partition coefficient (Wildman–Crippen LogP) is 3.23. The molecule has 0 radical (unpaired) electrons. The van der Waals surface area contributed by atoms with Gasteiger partial charge >= 0.3 is 0 Å². The summed E-state index contributed by atoms with van der Waals surface area (Å²) < 4.78 is 5.25. The third-order valence-corrected chi connectivity index (χ3v) is 4.14. The topological polar surface area (TPSA) is 105 Å². The van der Waals surface area contributed by atoms with Crippen LogP contribution < -0.4 is 15.4 Å². The molecule has 2 aromatic carbocycles. The lowest BCUT2D eigenvalue weighted by molar-refractivity contribution is 0.102. The second-order valence-electron chi connectivity index (χ2n) is 6.02. The van der Waals surface area contributed by atoms with Crippen molar-refractivity contribution in [1.82, 2.24) is 19.9 Å². The quantitative estimate of drug-likeness (QED) is 0.479. The first-order valence-corrected chi connectivity index (χ1v) is 8.67. The zero-order chi connectivity index (χ0) is 19.3. The van der Waals surface area contributed by atoms with E-state index in [2.05, 4.69) is 30.6 Å². The molecule has 0 aliphatic heterocycles. The fourth-order valence-electron chi connectivity index (χ4n) is 2.75. The molecule has 0 atom stereocenters. The number of methoxy groups -OCH3 is 1. The highest BCUT2D eigenvalue weighted by Crippen LogP contribution is 2.20. The Morgan fingerprint density at radius 3 is 2.79 bits per heavy atom. The fraction of sp³-hybridized carbons (Fsp3) is 0.100. The number of carbonyl (C=O) groups excluding carboxylic acids is 1. The lowest BCUT2D eigenvalue weighted by Crippen LogP contribution is -2.15. The first-order valence-electron chi connectivity index (χ1n) is 8.67. The van der Waals surface area contributed by atoms with Crippen molar-refractivity contribution in [3.8, 4) is 5.75 Å². The smallest absolute Gasteiger partial charge is 0.258 e. The SMILES string of the molecule is COc1cccc(CNc2nc(NC(=O)c3ccccc3)nc3nc[nH]c23)c1. The number of hydrogen-bond acceptors (Lipinski definition) is 6. The van der Waals surface area contributed by atoms with Gasteiger partial charge in [0.05, 0.1) is 13.4 Å². The highest BCUT2D eigenvalue weighted by molar-refractivity contribution is 6.03. The third-order valence-electron chi connectivity index (χ3n) is 4.14. The summed E-state index contributed by atoms with van der Waals surface area (Å²) in [6.07, 6.45) is 1.54. The molecule has 140 valence electrons. The van der Waals surface area contributed by atoms with E-state index in [9.17, 15) is 4.79 Å². The average molecular weight is 374 g/mol. The Morgan fingerprint density at radius 1 is 1.11 bits per heavy atom. The summed E-state index contributed by atoms with van der Waals surface area (Å²) in [7, 11) is 1.63. The normalized spacial score (nSPS) is 10.6. The van der Waals surface area contributed by atoms with Crippen LogP contribution in [0.2, 0.25) is 0 Å². The van der Waals surface area contributed by atoms with Gasteiger partial charge in [-0.3, -0.25) is 10.1 Å². The van der Waals surface area contributed by atoms with Gasteiger partial charge in [-0.15, -0.1) is 0 Å². The van der Waals surface area contributed by atoms with Gasteiger partial charge in [0, 0.05) is 12.1 Å². The molecule has 2 aromatic heterocycles. The van der Waals surface area contributed by atoms with Crippen LogP contribution in [0.25, 0.3) is 11.2 Å². The molecule has 28 heavy (non-hydrogen) atoms. The van der Waals surface area contributed by atoms with Gasteiger partial charge in [-0.2, -0.15) is 9.97 Å². The van der Waals surface area contributed by atoms with Crippen LogP contribution in [-0.2, 0) is 6.54 Å². The van der Waals surface area contributed by atoms with Crippen LogP contribution in [0.1, 0.15) is 15.9 Å². The summed E-state index contributed by atoms with van der Waals surface area (Å²) in [4.78, 5) is 28.3. The van der Waals surface area contributed by atoms with Gasteiger partial charge in [0.25, 0.3) is 5.91 Å². The van der Waals surface area contributed by atoms with Crippen molar-refractivity contribution in [2.45, 2.75) is 6.54 Å². The molecule has 0 saturated heterocycles. The Bertz CT molecular complexity index is 1110. The standard InChI is InChI=1S/C20H18N6O2/c1-28-15-9-5-6-13(10-15)11-21-17-16-18(23-12-22-16)25-20(24-17)26-19(27)14-7-3-2-4-8-14/h2-10,12H,11H2,1H3,(H3,21,22,23,24,25,26,27). The number of carbonyl (C=O) groups is 1. The Labute approximate surface area is 161 Å². The number of amides is 1.